The lowest BCUT2D eigenvalue weighted by molar-refractivity contribution is 0.0254. The van der Waals surface area contributed by atoms with Crippen LogP contribution in [-0.2, 0) is 0 Å². The number of aryl methyl sites for hydroxylation is 3. The molecule has 0 radical (unpaired) electrons. The van der Waals surface area contributed by atoms with Gasteiger partial charge < -0.3 is 15.3 Å². The van der Waals surface area contributed by atoms with Gasteiger partial charge in [-0.1, -0.05) is 0 Å². The molecule has 0 unspecified atom stereocenters. The Kier molecular flexibility index (Phi) is 5.13. The normalized spacial score (nSPS) is 20.1. The van der Waals surface area contributed by atoms with Gasteiger partial charge in [-0.3, -0.25) is 4.79 Å². The van der Waals surface area contributed by atoms with Gasteiger partial charge in [0.2, 0.25) is 0 Å². The molecule has 1 atom stereocenters. The Morgan fingerprint density at radius 2 is 2.12 bits per heavy atom. The molecule has 0 bridgehead atoms. The van der Waals surface area contributed by atoms with Gasteiger partial charge in [-0.05, 0) is 33.6 Å². The molecule has 1 fully saturated rings. The molecule has 1 aliphatic rings. The minimum absolute atomic E-state index is 0.166. The highest BCUT2D eigenvalue weighted by molar-refractivity contribution is 5.94. The number of hydrogen-bond donors (Lipinski definition) is 2. The van der Waals surface area contributed by atoms with Gasteiger partial charge in [-0.25, -0.2) is 19.9 Å². The molecule has 8 heteroatoms. The van der Waals surface area contributed by atoms with Gasteiger partial charge in [0.05, 0.1) is 16.9 Å². The van der Waals surface area contributed by atoms with Crippen LogP contribution in [0.2, 0.25) is 0 Å². The van der Waals surface area contributed by atoms with E-state index in [9.17, 15) is 9.90 Å². The summed E-state index contributed by atoms with van der Waals surface area (Å²) < 4.78 is 0. The number of anilines is 1. The van der Waals surface area contributed by atoms with E-state index in [4.69, 9.17) is 0 Å². The molecule has 1 amide bonds. The number of nitrogens with one attached hydrogen (secondary N) is 1. The smallest absolute Gasteiger partial charge is 0.254 e. The molecule has 2 aromatic heterocycles. The van der Waals surface area contributed by atoms with Crippen LogP contribution in [0.15, 0.2) is 18.6 Å². The number of carbonyl (C=O) groups excluding carboxylic acids is 1. The lowest BCUT2D eigenvalue weighted by Crippen LogP contribution is -2.54. The molecule has 3 heterocycles. The summed E-state index contributed by atoms with van der Waals surface area (Å²) in [6.45, 7) is 6.86. The number of carbonyl (C=O) groups is 1. The van der Waals surface area contributed by atoms with Crippen LogP contribution in [0.25, 0.3) is 0 Å². The first kappa shape index (κ1) is 18.2. The monoisotopic (exact) mass is 356 g/mol. The average molecular weight is 356 g/mol. The van der Waals surface area contributed by atoms with Crippen LogP contribution in [0.3, 0.4) is 0 Å². The zero-order valence-corrected chi connectivity index (χ0v) is 15.4. The SMILES string of the molecule is Cc1cc(N2CCC[C@@](O)(CNC(=O)c3cnc(C)nc3C)C2)ncn1. The third kappa shape index (κ3) is 4.13. The van der Waals surface area contributed by atoms with Crippen molar-refractivity contribution in [1.82, 2.24) is 25.3 Å². The maximum absolute atomic E-state index is 12.4. The van der Waals surface area contributed by atoms with E-state index in [2.05, 4.69) is 25.3 Å². The van der Waals surface area contributed by atoms with Crippen molar-refractivity contribution in [2.45, 2.75) is 39.2 Å². The number of nitrogens with zero attached hydrogens (tertiary/aromatic N) is 5. The van der Waals surface area contributed by atoms with E-state index in [0.29, 0.717) is 30.0 Å². The lowest BCUT2D eigenvalue weighted by atomic mass is 9.92. The average Bonchev–Trinajstić information content (AvgIpc) is 2.60. The molecule has 1 saturated heterocycles. The van der Waals surface area contributed by atoms with Crippen molar-refractivity contribution < 1.29 is 9.90 Å². The first-order valence-electron chi connectivity index (χ1n) is 8.71. The topological polar surface area (TPSA) is 104 Å². The highest BCUT2D eigenvalue weighted by Gasteiger charge is 2.34. The Morgan fingerprint density at radius 3 is 2.85 bits per heavy atom. The molecule has 26 heavy (non-hydrogen) atoms. The van der Waals surface area contributed by atoms with E-state index in [0.717, 1.165) is 24.5 Å². The van der Waals surface area contributed by atoms with E-state index in [-0.39, 0.29) is 12.5 Å². The lowest BCUT2D eigenvalue weighted by Gasteiger charge is -2.39. The van der Waals surface area contributed by atoms with E-state index < -0.39 is 5.60 Å². The van der Waals surface area contributed by atoms with Crippen LogP contribution in [0.1, 0.15) is 40.4 Å². The quantitative estimate of drug-likeness (QED) is 0.840. The zero-order chi connectivity index (χ0) is 18.7. The number of piperidine rings is 1. The van der Waals surface area contributed by atoms with Crippen molar-refractivity contribution in [3.8, 4) is 0 Å². The van der Waals surface area contributed by atoms with Crippen molar-refractivity contribution in [3.05, 3.63) is 41.4 Å². The summed E-state index contributed by atoms with van der Waals surface area (Å²) in [5, 5.41) is 13.8. The fourth-order valence-corrected chi connectivity index (χ4v) is 3.21. The number of rotatable bonds is 4. The second-order valence-electron chi connectivity index (χ2n) is 6.87. The molecule has 0 spiro atoms. The summed E-state index contributed by atoms with van der Waals surface area (Å²) >= 11 is 0. The number of β-amino-alcohol motifs (C(OH)–C–C–N with tert-alkyl or cyclic N) is 1. The van der Waals surface area contributed by atoms with Crippen molar-refractivity contribution in [2.75, 3.05) is 24.5 Å². The Hall–Kier alpha value is -2.61. The minimum Gasteiger partial charge on any atom is -0.386 e. The number of amides is 1. The van der Waals surface area contributed by atoms with Crippen LogP contribution in [0, 0.1) is 20.8 Å². The molecular formula is C18H24N6O2. The summed E-state index contributed by atoms with van der Waals surface area (Å²) in [6.07, 6.45) is 4.49. The van der Waals surface area contributed by atoms with Gasteiger partial charge in [0.15, 0.2) is 0 Å². The molecule has 2 N–H and O–H groups in total. The zero-order valence-electron chi connectivity index (χ0n) is 15.4. The number of hydrogen-bond acceptors (Lipinski definition) is 7. The third-order valence-corrected chi connectivity index (χ3v) is 4.59. The van der Waals surface area contributed by atoms with Crippen LogP contribution in [0.4, 0.5) is 5.82 Å². The van der Waals surface area contributed by atoms with E-state index in [1.54, 1.807) is 13.8 Å². The molecule has 0 aliphatic carbocycles. The maximum atomic E-state index is 12.4. The van der Waals surface area contributed by atoms with Gasteiger partial charge in [0.25, 0.3) is 5.91 Å². The first-order valence-corrected chi connectivity index (χ1v) is 8.71. The summed E-state index contributed by atoms with van der Waals surface area (Å²) in [5.41, 5.74) is 0.931. The van der Waals surface area contributed by atoms with Gasteiger partial charge in [-0.2, -0.15) is 0 Å². The molecule has 0 aromatic carbocycles. The Bertz CT molecular complexity index is 812. The minimum atomic E-state index is -1.01. The fraction of sp³-hybridized carbons (Fsp3) is 0.500. The molecule has 0 saturated carbocycles. The number of aliphatic hydroxyl groups is 1. The summed E-state index contributed by atoms with van der Waals surface area (Å²) in [5.74, 6) is 1.15. The summed E-state index contributed by atoms with van der Waals surface area (Å²) in [6, 6.07) is 1.90. The van der Waals surface area contributed by atoms with Gasteiger partial charge in [-0.15, -0.1) is 0 Å². The highest BCUT2D eigenvalue weighted by atomic mass is 16.3. The van der Waals surface area contributed by atoms with Crippen molar-refractivity contribution >= 4 is 11.7 Å². The van der Waals surface area contributed by atoms with E-state index in [1.807, 2.05) is 17.9 Å². The molecular weight excluding hydrogens is 332 g/mol. The van der Waals surface area contributed by atoms with E-state index in [1.165, 1.54) is 12.5 Å². The molecule has 8 nitrogen and oxygen atoms in total. The Morgan fingerprint density at radius 1 is 1.31 bits per heavy atom. The molecule has 3 rings (SSSR count). The second-order valence-corrected chi connectivity index (χ2v) is 6.87. The van der Waals surface area contributed by atoms with Gasteiger partial charge in [0.1, 0.15) is 18.0 Å². The molecule has 1 aliphatic heterocycles. The standard InChI is InChI=1S/C18H24N6O2/c1-12-7-16(22-11-21-12)24-6-4-5-18(26,10-24)9-20-17(25)15-8-19-14(3)23-13(15)2/h7-8,11,26H,4-6,9-10H2,1-3H3,(H,20,25)/t18-/m1/s1. The maximum Gasteiger partial charge on any atom is 0.254 e. The first-order chi connectivity index (χ1) is 12.4. The third-order valence-electron chi connectivity index (χ3n) is 4.59. The Balaban J connectivity index is 1.65. The van der Waals surface area contributed by atoms with Gasteiger partial charge in [0, 0.05) is 37.6 Å². The van der Waals surface area contributed by atoms with Crippen molar-refractivity contribution in [3.63, 3.8) is 0 Å². The van der Waals surface area contributed by atoms with Gasteiger partial charge >= 0.3 is 0 Å². The molecule has 138 valence electrons. The van der Waals surface area contributed by atoms with Crippen LogP contribution in [0.5, 0.6) is 0 Å². The Labute approximate surface area is 152 Å². The summed E-state index contributed by atoms with van der Waals surface area (Å²) in [4.78, 5) is 31.1. The second kappa shape index (κ2) is 7.33. The molecule has 2 aromatic rings. The predicted molar refractivity (Wildman–Crippen MR) is 97.0 cm³/mol. The number of aromatic nitrogens is 4. The van der Waals surface area contributed by atoms with Crippen LogP contribution in [-0.4, -0.2) is 56.2 Å². The van der Waals surface area contributed by atoms with Crippen LogP contribution < -0.4 is 10.2 Å². The fourth-order valence-electron chi connectivity index (χ4n) is 3.21. The van der Waals surface area contributed by atoms with E-state index >= 15 is 0 Å². The van der Waals surface area contributed by atoms with Crippen LogP contribution >= 0.6 is 0 Å². The largest absolute Gasteiger partial charge is 0.386 e. The van der Waals surface area contributed by atoms with Crippen molar-refractivity contribution in [1.29, 1.82) is 0 Å². The summed E-state index contributed by atoms with van der Waals surface area (Å²) in [7, 11) is 0. The van der Waals surface area contributed by atoms with Crippen molar-refractivity contribution in [2.24, 2.45) is 0 Å². The highest BCUT2D eigenvalue weighted by Crippen LogP contribution is 2.24. The predicted octanol–water partition coefficient (Wildman–Crippen LogP) is 0.953.